The van der Waals surface area contributed by atoms with E-state index in [0.29, 0.717) is 12.8 Å². The zero-order valence-electron chi connectivity index (χ0n) is 11.2. The normalized spacial score (nSPS) is 11.8. The van der Waals surface area contributed by atoms with Gasteiger partial charge < -0.3 is 10.4 Å². The summed E-state index contributed by atoms with van der Waals surface area (Å²) in [4.78, 5) is 15.9. The second-order valence-electron chi connectivity index (χ2n) is 4.57. The van der Waals surface area contributed by atoms with Gasteiger partial charge in [0.25, 0.3) is 0 Å². The van der Waals surface area contributed by atoms with E-state index >= 15 is 0 Å². The molecule has 1 heterocycles. The van der Waals surface area contributed by atoms with E-state index in [1.54, 1.807) is 12.4 Å². The molecular formula is C16H18N2O2. The highest BCUT2D eigenvalue weighted by Crippen LogP contribution is 2.12. The fourth-order valence-corrected chi connectivity index (χ4v) is 1.99. The minimum atomic E-state index is -0.346. The van der Waals surface area contributed by atoms with E-state index in [4.69, 9.17) is 0 Å². The average molecular weight is 270 g/mol. The molecule has 0 radical (unpaired) electrons. The maximum atomic E-state index is 11.9. The van der Waals surface area contributed by atoms with Crippen molar-refractivity contribution >= 4 is 5.91 Å². The number of carbonyl (C=O) groups is 1. The highest BCUT2D eigenvalue weighted by molar-refractivity contribution is 5.76. The minimum Gasteiger partial charge on any atom is -0.394 e. The van der Waals surface area contributed by atoms with Gasteiger partial charge in [0.15, 0.2) is 0 Å². The molecule has 1 aromatic carbocycles. The summed E-state index contributed by atoms with van der Waals surface area (Å²) >= 11 is 0. The number of benzene rings is 1. The van der Waals surface area contributed by atoms with Gasteiger partial charge >= 0.3 is 0 Å². The van der Waals surface area contributed by atoms with E-state index in [1.165, 1.54) is 0 Å². The van der Waals surface area contributed by atoms with Crippen molar-refractivity contribution < 1.29 is 9.90 Å². The predicted molar refractivity (Wildman–Crippen MR) is 77.0 cm³/mol. The quantitative estimate of drug-likeness (QED) is 0.842. The van der Waals surface area contributed by atoms with Gasteiger partial charge in [0.05, 0.1) is 12.6 Å². The molecule has 0 aliphatic carbocycles. The molecule has 0 saturated heterocycles. The molecule has 4 nitrogen and oxygen atoms in total. The third-order valence-electron chi connectivity index (χ3n) is 3.11. The summed E-state index contributed by atoms with van der Waals surface area (Å²) in [5.41, 5.74) is 1.99. The number of rotatable bonds is 6. The van der Waals surface area contributed by atoms with Gasteiger partial charge in [-0.1, -0.05) is 30.3 Å². The smallest absolute Gasteiger partial charge is 0.220 e. The van der Waals surface area contributed by atoms with Crippen LogP contribution in [-0.2, 0) is 11.2 Å². The molecule has 0 bridgehead atoms. The van der Waals surface area contributed by atoms with E-state index in [-0.39, 0.29) is 18.6 Å². The minimum absolute atomic E-state index is 0.0651. The van der Waals surface area contributed by atoms with Crippen LogP contribution in [0.2, 0.25) is 0 Å². The van der Waals surface area contributed by atoms with Gasteiger partial charge in [0, 0.05) is 18.8 Å². The first-order valence-corrected chi connectivity index (χ1v) is 6.63. The SMILES string of the molecule is O=C(CCc1ccncc1)NC(CO)c1ccccc1. The Bertz CT molecular complexity index is 529. The number of aliphatic hydroxyl groups excluding tert-OH is 1. The molecule has 0 aliphatic heterocycles. The number of aliphatic hydroxyl groups is 1. The molecule has 2 rings (SSSR count). The molecule has 0 aliphatic rings. The molecule has 1 amide bonds. The van der Waals surface area contributed by atoms with Crippen LogP contribution in [0, 0.1) is 0 Å². The molecule has 1 aromatic heterocycles. The van der Waals surface area contributed by atoms with Crippen LogP contribution in [0.1, 0.15) is 23.6 Å². The van der Waals surface area contributed by atoms with Crippen molar-refractivity contribution in [2.45, 2.75) is 18.9 Å². The number of nitrogens with one attached hydrogen (secondary N) is 1. The number of pyridine rings is 1. The molecule has 104 valence electrons. The summed E-state index contributed by atoms with van der Waals surface area (Å²) in [5, 5.41) is 12.2. The molecule has 0 fully saturated rings. The van der Waals surface area contributed by atoms with Crippen LogP contribution < -0.4 is 5.32 Å². The molecule has 2 N–H and O–H groups in total. The van der Waals surface area contributed by atoms with Crippen molar-refractivity contribution in [3.05, 3.63) is 66.0 Å². The highest BCUT2D eigenvalue weighted by atomic mass is 16.3. The number of aromatic nitrogens is 1. The lowest BCUT2D eigenvalue weighted by Crippen LogP contribution is -2.30. The van der Waals surface area contributed by atoms with Gasteiger partial charge in [-0.05, 0) is 29.7 Å². The maximum absolute atomic E-state index is 11.9. The van der Waals surface area contributed by atoms with Crippen LogP contribution in [0.25, 0.3) is 0 Å². The van der Waals surface area contributed by atoms with Crippen molar-refractivity contribution in [2.24, 2.45) is 0 Å². The number of nitrogens with zero attached hydrogens (tertiary/aromatic N) is 1. The number of aryl methyl sites for hydroxylation is 1. The van der Waals surface area contributed by atoms with E-state index in [1.807, 2.05) is 42.5 Å². The van der Waals surface area contributed by atoms with Crippen LogP contribution in [0.5, 0.6) is 0 Å². The Kier molecular flexibility index (Phi) is 5.26. The summed E-state index contributed by atoms with van der Waals surface area (Å²) in [5.74, 6) is -0.0651. The van der Waals surface area contributed by atoms with Gasteiger partial charge in [0.2, 0.25) is 5.91 Å². The number of hydrogen-bond donors (Lipinski definition) is 2. The molecule has 4 heteroatoms. The fourth-order valence-electron chi connectivity index (χ4n) is 1.99. The molecule has 1 atom stereocenters. The van der Waals surface area contributed by atoms with Crippen LogP contribution in [-0.4, -0.2) is 22.6 Å². The second-order valence-corrected chi connectivity index (χ2v) is 4.57. The van der Waals surface area contributed by atoms with Crippen LogP contribution in [0.3, 0.4) is 0 Å². The zero-order valence-corrected chi connectivity index (χ0v) is 11.2. The Morgan fingerprint density at radius 3 is 2.50 bits per heavy atom. The van der Waals surface area contributed by atoms with Crippen molar-refractivity contribution in [1.29, 1.82) is 0 Å². The van der Waals surface area contributed by atoms with Gasteiger partial charge in [0.1, 0.15) is 0 Å². The third-order valence-corrected chi connectivity index (χ3v) is 3.11. The summed E-state index contributed by atoms with van der Waals surface area (Å²) in [6.07, 6.45) is 4.50. The van der Waals surface area contributed by atoms with E-state index in [2.05, 4.69) is 10.3 Å². The molecule has 20 heavy (non-hydrogen) atoms. The second kappa shape index (κ2) is 7.40. The fraction of sp³-hybridized carbons (Fsp3) is 0.250. The van der Waals surface area contributed by atoms with E-state index < -0.39 is 0 Å². The summed E-state index contributed by atoms with van der Waals surface area (Å²) in [6.45, 7) is -0.106. The lowest BCUT2D eigenvalue weighted by Gasteiger charge is -2.16. The molecule has 0 spiro atoms. The predicted octanol–water partition coefficient (Wildman–Crippen LogP) is 1.86. The van der Waals surface area contributed by atoms with Crippen molar-refractivity contribution in [1.82, 2.24) is 10.3 Å². The Morgan fingerprint density at radius 2 is 1.85 bits per heavy atom. The van der Waals surface area contributed by atoms with Crippen LogP contribution in [0.15, 0.2) is 54.9 Å². The Morgan fingerprint density at radius 1 is 1.15 bits per heavy atom. The topological polar surface area (TPSA) is 62.2 Å². The van der Waals surface area contributed by atoms with Gasteiger partial charge in [-0.25, -0.2) is 0 Å². The summed E-state index contributed by atoms with van der Waals surface area (Å²) < 4.78 is 0. The lowest BCUT2D eigenvalue weighted by atomic mass is 10.1. The Hall–Kier alpha value is -2.20. The van der Waals surface area contributed by atoms with E-state index in [0.717, 1.165) is 11.1 Å². The average Bonchev–Trinajstić information content (AvgIpc) is 2.52. The van der Waals surface area contributed by atoms with Gasteiger partial charge in [-0.2, -0.15) is 0 Å². The zero-order chi connectivity index (χ0) is 14.2. The first-order chi connectivity index (χ1) is 9.79. The monoisotopic (exact) mass is 270 g/mol. The summed E-state index contributed by atoms with van der Waals surface area (Å²) in [7, 11) is 0. The first kappa shape index (κ1) is 14.2. The van der Waals surface area contributed by atoms with E-state index in [9.17, 15) is 9.90 Å². The first-order valence-electron chi connectivity index (χ1n) is 6.63. The molecule has 2 aromatic rings. The Labute approximate surface area is 118 Å². The number of hydrogen-bond acceptors (Lipinski definition) is 3. The van der Waals surface area contributed by atoms with Crippen molar-refractivity contribution in [3.8, 4) is 0 Å². The summed E-state index contributed by atoms with van der Waals surface area (Å²) in [6, 6.07) is 12.9. The highest BCUT2D eigenvalue weighted by Gasteiger charge is 2.12. The van der Waals surface area contributed by atoms with Crippen LogP contribution in [0.4, 0.5) is 0 Å². The molecular weight excluding hydrogens is 252 g/mol. The lowest BCUT2D eigenvalue weighted by molar-refractivity contribution is -0.122. The number of amides is 1. The largest absolute Gasteiger partial charge is 0.394 e. The molecule has 1 unspecified atom stereocenters. The standard InChI is InChI=1S/C16H18N2O2/c19-12-15(14-4-2-1-3-5-14)18-16(20)7-6-13-8-10-17-11-9-13/h1-5,8-11,15,19H,6-7,12H2,(H,18,20). The van der Waals surface area contributed by atoms with Gasteiger partial charge in [-0.3, -0.25) is 9.78 Å². The molecule has 0 saturated carbocycles. The van der Waals surface area contributed by atoms with Crippen molar-refractivity contribution in [3.63, 3.8) is 0 Å². The Balaban J connectivity index is 1.87. The van der Waals surface area contributed by atoms with Crippen LogP contribution >= 0.6 is 0 Å². The van der Waals surface area contributed by atoms with Crippen molar-refractivity contribution in [2.75, 3.05) is 6.61 Å². The number of carbonyl (C=O) groups excluding carboxylic acids is 1. The maximum Gasteiger partial charge on any atom is 0.220 e. The van der Waals surface area contributed by atoms with Gasteiger partial charge in [-0.15, -0.1) is 0 Å². The third kappa shape index (κ3) is 4.17.